The van der Waals surface area contributed by atoms with Crippen molar-refractivity contribution in [1.82, 2.24) is 0 Å². The Morgan fingerprint density at radius 3 is 2.57 bits per heavy atom. The second-order valence-corrected chi connectivity index (χ2v) is 7.39. The van der Waals surface area contributed by atoms with Gasteiger partial charge in [0.2, 0.25) is 0 Å². The second-order valence-electron chi connectivity index (χ2n) is 6.98. The zero-order chi connectivity index (χ0) is 20.9. The van der Waals surface area contributed by atoms with E-state index < -0.39 is 0 Å². The number of halogens is 1. The fourth-order valence-electron chi connectivity index (χ4n) is 3.34. The first-order chi connectivity index (χ1) is 14.7. The molecule has 0 radical (unpaired) electrons. The fraction of sp³-hybridized carbons (Fsp3) is 0.115. The molecule has 0 aliphatic heterocycles. The highest BCUT2D eigenvalue weighted by atomic mass is 35.5. The molecule has 150 valence electrons. The number of hydrogen-bond donors (Lipinski definition) is 0. The normalized spacial score (nSPS) is 11.2. The van der Waals surface area contributed by atoms with Gasteiger partial charge in [0, 0.05) is 11.2 Å². The van der Waals surface area contributed by atoms with Crippen LogP contribution in [-0.2, 0) is 6.61 Å². The van der Waals surface area contributed by atoms with Crippen LogP contribution in [0.4, 0.5) is 5.69 Å². The summed E-state index contributed by atoms with van der Waals surface area (Å²) in [5, 5.41) is 3.10. The highest BCUT2D eigenvalue weighted by Crippen LogP contribution is 2.30. The average Bonchev–Trinajstić information content (AvgIpc) is 2.79. The minimum absolute atomic E-state index is 0.465. The number of rotatable bonds is 6. The number of hydrogen-bond acceptors (Lipinski definition) is 3. The first kappa shape index (κ1) is 20.0. The molecule has 0 fully saturated rings. The first-order valence-corrected chi connectivity index (χ1v) is 10.1. The molecule has 4 aromatic rings. The topological polar surface area (TPSA) is 30.8 Å². The van der Waals surface area contributed by atoms with Gasteiger partial charge in [-0.3, -0.25) is 4.99 Å². The molecule has 0 unspecified atom stereocenters. The monoisotopic (exact) mass is 415 g/mol. The molecule has 0 atom stereocenters. The summed E-state index contributed by atoms with van der Waals surface area (Å²) in [6.07, 6.45) is 1.80. The van der Waals surface area contributed by atoms with Crippen molar-refractivity contribution in [1.29, 1.82) is 0 Å². The van der Waals surface area contributed by atoms with Crippen molar-refractivity contribution in [3.05, 3.63) is 101 Å². The molecule has 3 nitrogen and oxygen atoms in total. The van der Waals surface area contributed by atoms with Crippen LogP contribution in [0, 0.1) is 6.92 Å². The number of fused-ring (bicyclic) bond motifs is 1. The Morgan fingerprint density at radius 2 is 1.70 bits per heavy atom. The van der Waals surface area contributed by atoms with E-state index in [1.165, 1.54) is 10.8 Å². The Morgan fingerprint density at radius 1 is 0.900 bits per heavy atom. The van der Waals surface area contributed by atoms with Gasteiger partial charge in [-0.1, -0.05) is 60.1 Å². The van der Waals surface area contributed by atoms with E-state index in [1.54, 1.807) is 13.3 Å². The van der Waals surface area contributed by atoms with Crippen LogP contribution in [0.2, 0.25) is 5.02 Å². The van der Waals surface area contributed by atoms with Crippen LogP contribution in [0.25, 0.3) is 10.8 Å². The third kappa shape index (κ3) is 4.32. The molecule has 4 aromatic carbocycles. The maximum Gasteiger partial charge on any atom is 0.161 e. The molecular weight excluding hydrogens is 394 g/mol. The summed E-state index contributed by atoms with van der Waals surface area (Å²) < 4.78 is 11.6. The van der Waals surface area contributed by atoms with Crippen molar-refractivity contribution in [3.8, 4) is 11.5 Å². The standard InChI is InChI=1S/C26H22ClNO2/c1-18-23(27)11-6-12-24(18)28-16-19-13-14-25(26(15-19)29-2)30-17-21-9-5-8-20-7-3-4-10-22(20)21/h3-16H,17H2,1-2H3. The number of nitrogens with zero attached hydrogens (tertiary/aromatic N) is 1. The number of aliphatic imine (C=N–C) groups is 1. The number of methoxy groups -OCH3 is 1. The largest absolute Gasteiger partial charge is 0.493 e. The van der Waals surface area contributed by atoms with Gasteiger partial charge >= 0.3 is 0 Å². The summed E-state index contributed by atoms with van der Waals surface area (Å²) in [6, 6.07) is 26.0. The molecule has 0 saturated heterocycles. The summed E-state index contributed by atoms with van der Waals surface area (Å²) in [5.41, 5.74) is 3.86. The Labute approximate surface area is 181 Å². The van der Waals surface area contributed by atoms with Gasteiger partial charge in [0.05, 0.1) is 12.8 Å². The lowest BCUT2D eigenvalue weighted by molar-refractivity contribution is 0.285. The van der Waals surface area contributed by atoms with Crippen molar-refractivity contribution in [2.24, 2.45) is 4.99 Å². The lowest BCUT2D eigenvalue weighted by Gasteiger charge is -2.13. The summed E-state index contributed by atoms with van der Waals surface area (Å²) in [6.45, 7) is 2.42. The minimum Gasteiger partial charge on any atom is -0.493 e. The molecule has 0 heterocycles. The maximum absolute atomic E-state index is 6.18. The molecule has 0 amide bonds. The third-order valence-corrected chi connectivity index (χ3v) is 5.45. The van der Waals surface area contributed by atoms with Gasteiger partial charge in [-0.25, -0.2) is 0 Å². The Balaban J connectivity index is 1.54. The maximum atomic E-state index is 6.18. The molecule has 0 spiro atoms. The third-order valence-electron chi connectivity index (χ3n) is 5.04. The Bertz CT molecular complexity index is 1210. The fourth-order valence-corrected chi connectivity index (χ4v) is 3.51. The predicted molar refractivity (Wildman–Crippen MR) is 125 cm³/mol. The Hall–Kier alpha value is -3.30. The van der Waals surface area contributed by atoms with Gasteiger partial charge in [-0.15, -0.1) is 0 Å². The van der Waals surface area contributed by atoms with Crippen LogP contribution in [0.5, 0.6) is 11.5 Å². The zero-order valence-electron chi connectivity index (χ0n) is 16.9. The molecule has 0 aromatic heterocycles. The van der Waals surface area contributed by atoms with Gasteiger partial charge in [0.1, 0.15) is 6.61 Å². The highest BCUT2D eigenvalue weighted by Gasteiger charge is 2.08. The van der Waals surface area contributed by atoms with Gasteiger partial charge in [-0.2, -0.15) is 0 Å². The van der Waals surface area contributed by atoms with E-state index in [0.717, 1.165) is 22.4 Å². The Kier molecular flexibility index (Phi) is 6.01. The summed E-state index contributed by atoms with van der Waals surface area (Å²) >= 11 is 6.18. The van der Waals surface area contributed by atoms with E-state index in [9.17, 15) is 0 Å². The molecule has 0 bridgehead atoms. The average molecular weight is 416 g/mol. The van der Waals surface area contributed by atoms with Gasteiger partial charge in [0.15, 0.2) is 11.5 Å². The lowest BCUT2D eigenvalue weighted by Crippen LogP contribution is -1.99. The molecule has 4 rings (SSSR count). The van der Waals surface area contributed by atoms with Crippen LogP contribution >= 0.6 is 11.6 Å². The van der Waals surface area contributed by atoms with E-state index in [2.05, 4.69) is 35.3 Å². The summed E-state index contributed by atoms with van der Waals surface area (Å²) in [7, 11) is 1.64. The number of benzene rings is 4. The molecule has 4 heteroatoms. The molecule has 0 N–H and O–H groups in total. The lowest BCUT2D eigenvalue weighted by atomic mass is 10.1. The molecule has 0 saturated carbocycles. The minimum atomic E-state index is 0.465. The smallest absolute Gasteiger partial charge is 0.161 e. The van der Waals surface area contributed by atoms with E-state index in [4.69, 9.17) is 21.1 Å². The van der Waals surface area contributed by atoms with E-state index >= 15 is 0 Å². The van der Waals surface area contributed by atoms with Crippen LogP contribution in [0.3, 0.4) is 0 Å². The molecule has 0 aliphatic carbocycles. The van der Waals surface area contributed by atoms with E-state index in [1.807, 2.05) is 55.5 Å². The van der Waals surface area contributed by atoms with E-state index in [0.29, 0.717) is 23.1 Å². The summed E-state index contributed by atoms with van der Waals surface area (Å²) in [5.74, 6) is 1.36. The molecule has 0 aliphatic rings. The van der Waals surface area contributed by atoms with Crippen LogP contribution in [-0.4, -0.2) is 13.3 Å². The molecule has 30 heavy (non-hydrogen) atoms. The zero-order valence-corrected chi connectivity index (χ0v) is 17.7. The van der Waals surface area contributed by atoms with Gasteiger partial charge in [-0.05, 0) is 64.7 Å². The van der Waals surface area contributed by atoms with Crippen molar-refractivity contribution < 1.29 is 9.47 Å². The van der Waals surface area contributed by atoms with Crippen LogP contribution in [0.15, 0.2) is 83.9 Å². The summed E-state index contributed by atoms with van der Waals surface area (Å²) in [4.78, 5) is 4.56. The van der Waals surface area contributed by atoms with Gasteiger partial charge in [0.25, 0.3) is 0 Å². The van der Waals surface area contributed by atoms with Crippen molar-refractivity contribution in [3.63, 3.8) is 0 Å². The van der Waals surface area contributed by atoms with Gasteiger partial charge < -0.3 is 9.47 Å². The van der Waals surface area contributed by atoms with Crippen LogP contribution in [0.1, 0.15) is 16.7 Å². The van der Waals surface area contributed by atoms with Crippen molar-refractivity contribution >= 4 is 34.3 Å². The van der Waals surface area contributed by atoms with E-state index in [-0.39, 0.29) is 0 Å². The quantitative estimate of drug-likeness (QED) is 0.313. The van der Waals surface area contributed by atoms with Crippen molar-refractivity contribution in [2.45, 2.75) is 13.5 Å². The van der Waals surface area contributed by atoms with Crippen LogP contribution < -0.4 is 9.47 Å². The highest BCUT2D eigenvalue weighted by molar-refractivity contribution is 6.31. The SMILES string of the molecule is COc1cc(C=Nc2cccc(Cl)c2C)ccc1OCc1cccc2ccccc12. The second kappa shape index (κ2) is 9.02. The number of ether oxygens (including phenoxy) is 2. The first-order valence-electron chi connectivity index (χ1n) is 9.72. The predicted octanol–water partition coefficient (Wildman–Crippen LogP) is 7.14. The molecular formula is C26H22ClNO2. The van der Waals surface area contributed by atoms with Crippen molar-refractivity contribution in [2.75, 3.05) is 7.11 Å².